The number of nitrogens with zero attached hydrogens (tertiary/aromatic N) is 3. The van der Waals surface area contributed by atoms with Crippen LogP contribution in [0.1, 0.15) is 19.0 Å². The number of aromatic nitrogens is 4. The van der Waals surface area contributed by atoms with Crippen LogP contribution in [0.15, 0.2) is 54.4 Å². The van der Waals surface area contributed by atoms with E-state index in [0.717, 1.165) is 39.8 Å². The van der Waals surface area contributed by atoms with Gasteiger partial charge in [0.05, 0.1) is 5.52 Å². The van der Waals surface area contributed by atoms with Crippen LogP contribution in [-0.2, 0) is 0 Å². The smallest absolute Gasteiger partial charge is 0.320 e. The minimum atomic E-state index is -0.316. The number of allylic oxidation sites excluding steroid dienone is 3. The number of aromatic amines is 1. The van der Waals surface area contributed by atoms with Crippen LogP contribution in [0.3, 0.4) is 0 Å². The molecule has 0 fully saturated rings. The molecule has 148 valence electrons. The molecule has 3 heterocycles. The van der Waals surface area contributed by atoms with Crippen molar-refractivity contribution in [3.05, 3.63) is 60.1 Å². The highest BCUT2D eigenvalue weighted by molar-refractivity contribution is 5.95. The minimum Gasteiger partial charge on any atom is -0.338 e. The van der Waals surface area contributed by atoms with Gasteiger partial charge >= 0.3 is 6.03 Å². The zero-order valence-corrected chi connectivity index (χ0v) is 16.4. The Kier molecular flexibility index (Phi) is 6.47. The molecule has 0 atom stereocenters. The standard InChI is InChI=1S/C21H23N7O/c1-14(5-3-4-8-22)6-9-24-21(29)26-19-12-18-17(13-25-19)20(28-27-18)16-7-10-23-15(2)11-16/h3-5,7-8,10-13,22H,6,9H2,1-2H3,(H,27,28)(H2,24,25,26,29)/b4-3-,14-5+,22-8?. The van der Waals surface area contributed by atoms with Crippen molar-refractivity contribution in [1.29, 1.82) is 5.41 Å². The first-order valence-electron chi connectivity index (χ1n) is 9.21. The first kappa shape index (κ1) is 19.9. The Morgan fingerprint density at radius 3 is 2.93 bits per heavy atom. The number of hydrogen-bond acceptors (Lipinski definition) is 5. The lowest BCUT2D eigenvalue weighted by Gasteiger charge is -2.07. The van der Waals surface area contributed by atoms with E-state index >= 15 is 0 Å². The number of urea groups is 1. The Bertz CT molecular complexity index is 1080. The summed E-state index contributed by atoms with van der Waals surface area (Å²) in [4.78, 5) is 20.6. The van der Waals surface area contributed by atoms with E-state index in [1.807, 2.05) is 32.1 Å². The maximum absolute atomic E-state index is 12.1. The SMILES string of the molecule is C/C(=C\C=C/C=N)CCNC(=O)Nc1cc2[nH]nc(-c3ccnc(C)c3)c2cn1. The zero-order chi connectivity index (χ0) is 20.6. The third-order valence-electron chi connectivity index (χ3n) is 4.25. The van der Waals surface area contributed by atoms with Gasteiger partial charge in [0.15, 0.2) is 0 Å². The molecule has 0 aromatic carbocycles. The van der Waals surface area contributed by atoms with Crippen LogP contribution >= 0.6 is 0 Å². The summed E-state index contributed by atoms with van der Waals surface area (Å²) in [6.45, 7) is 4.41. The predicted molar refractivity (Wildman–Crippen MR) is 115 cm³/mol. The van der Waals surface area contributed by atoms with Gasteiger partial charge in [-0.1, -0.05) is 17.7 Å². The molecule has 3 aromatic heterocycles. The van der Waals surface area contributed by atoms with Gasteiger partial charge in [0, 0.05) is 47.9 Å². The molecule has 0 aliphatic heterocycles. The van der Waals surface area contributed by atoms with Crippen molar-refractivity contribution in [2.75, 3.05) is 11.9 Å². The summed E-state index contributed by atoms with van der Waals surface area (Å²) in [5.41, 5.74) is 4.57. The first-order valence-corrected chi connectivity index (χ1v) is 9.21. The van der Waals surface area contributed by atoms with Crippen molar-refractivity contribution in [1.82, 2.24) is 25.5 Å². The molecular weight excluding hydrogens is 366 g/mol. The Hall–Kier alpha value is -3.81. The van der Waals surface area contributed by atoms with E-state index in [1.54, 1.807) is 30.6 Å². The van der Waals surface area contributed by atoms with Crippen molar-refractivity contribution in [3.8, 4) is 11.3 Å². The highest BCUT2D eigenvalue weighted by Gasteiger charge is 2.11. The normalized spacial score (nSPS) is 11.7. The number of hydrogen-bond donors (Lipinski definition) is 4. The highest BCUT2D eigenvalue weighted by atomic mass is 16.2. The van der Waals surface area contributed by atoms with Gasteiger partial charge < -0.3 is 10.7 Å². The monoisotopic (exact) mass is 389 g/mol. The quantitative estimate of drug-likeness (QED) is 0.361. The lowest BCUT2D eigenvalue weighted by Crippen LogP contribution is -2.29. The maximum Gasteiger partial charge on any atom is 0.320 e. The van der Waals surface area contributed by atoms with E-state index in [4.69, 9.17) is 5.41 Å². The van der Waals surface area contributed by atoms with Crippen LogP contribution in [-0.4, -0.2) is 39.0 Å². The number of aryl methyl sites for hydroxylation is 1. The minimum absolute atomic E-state index is 0.316. The van der Waals surface area contributed by atoms with Crippen molar-refractivity contribution < 1.29 is 4.79 Å². The lowest BCUT2D eigenvalue weighted by atomic mass is 10.1. The molecule has 0 saturated carbocycles. The molecule has 0 aliphatic carbocycles. The molecule has 0 unspecified atom stereocenters. The average molecular weight is 389 g/mol. The number of amides is 2. The van der Waals surface area contributed by atoms with E-state index in [9.17, 15) is 4.79 Å². The molecule has 3 aromatic rings. The summed E-state index contributed by atoms with van der Waals surface area (Å²) in [7, 11) is 0. The number of rotatable bonds is 7. The lowest BCUT2D eigenvalue weighted by molar-refractivity contribution is 0.252. The first-order chi connectivity index (χ1) is 14.1. The second kappa shape index (κ2) is 9.41. The number of nitrogens with one attached hydrogen (secondary N) is 4. The second-order valence-corrected chi connectivity index (χ2v) is 6.57. The van der Waals surface area contributed by atoms with Crippen molar-refractivity contribution in [3.63, 3.8) is 0 Å². The fraction of sp³-hybridized carbons (Fsp3) is 0.190. The molecule has 0 radical (unpaired) electrons. The van der Waals surface area contributed by atoms with Gasteiger partial charge in [0.2, 0.25) is 0 Å². The number of H-pyrrole nitrogens is 1. The van der Waals surface area contributed by atoms with Gasteiger partial charge in [-0.05, 0) is 38.5 Å². The molecule has 0 spiro atoms. The van der Waals surface area contributed by atoms with E-state index in [1.165, 1.54) is 6.21 Å². The zero-order valence-electron chi connectivity index (χ0n) is 16.4. The van der Waals surface area contributed by atoms with Gasteiger partial charge in [-0.3, -0.25) is 15.4 Å². The van der Waals surface area contributed by atoms with Crippen molar-refractivity contribution >= 4 is 29.0 Å². The Labute approximate surface area is 168 Å². The van der Waals surface area contributed by atoms with Crippen LogP contribution < -0.4 is 10.6 Å². The number of carbonyl (C=O) groups excluding carboxylic acids is 1. The molecule has 8 nitrogen and oxygen atoms in total. The molecule has 0 bridgehead atoms. The molecule has 0 aliphatic rings. The summed E-state index contributed by atoms with van der Waals surface area (Å²) in [5, 5.41) is 20.7. The maximum atomic E-state index is 12.1. The molecule has 0 saturated heterocycles. The third-order valence-corrected chi connectivity index (χ3v) is 4.25. The number of carbonyl (C=O) groups is 1. The molecule has 2 amide bonds. The second-order valence-electron chi connectivity index (χ2n) is 6.57. The largest absolute Gasteiger partial charge is 0.338 e. The molecular formula is C21H23N7O. The molecule has 29 heavy (non-hydrogen) atoms. The molecule has 4 N–H and O–H groups in total. The van der Waals surface area contributed by atoms with E-state index < -0.39 is 0 Å². The van der Waals surface area contributed by atoms with Crippen LogP contribution in [0.2, 0.25) is 0 Å². The summed E-state index contributed by atoms with van der Waals surface area (Å²) in [6.07, 6.45) is 10.7. The Morgan fingerprint density at radius 1 is 1.28 bits per heavy atom. The van der Waals surface area contributed by atoms with Gasteiger partial charge in [-0.25, -0.2) is 9.78 Å². The summed E-state index contributed by atoms with van der Waals surface area (Å²) in [5.74, 6) is 0.442. The summed E-state index contributed by atoms with van der Waals surface area (Å²) < 4.78 is 0. The highest BCUT2D eigenvalue weighted by Crippen LogP contribution is 2.26. The van der Waals surface area contributed by atoms with Crippen LogP contribution in [0.5, 0.6) is 0 Å². The van der Waals surface area contributed by atoms with Gasteiger partial charge in [-0.2, -0.15) is 5.10 Å². The number of pyridine rings is 2. The molecule has 8 heteroatoms. The Balaban J connectivity index is 1.61. The predicted octanol–water partition coefficient (Wildman–Crippen LogP) is 3.99. The number of anilines is 1. The van der Waals surface area contributed by atoms with Gasteiger partial charge in [0.1, 0.15) is 11.5 Å². The van der Waals surface area contributed by atoms with Crippen LogP contribution in [0.25, 0.3) is 22.2 Å². The van der Waals surface area contributed by atoms with Crippen LogP contribution in [0, 0.1) is 12.3 Å². The third kappa shape index (κ3) is 5.35. The van der Waals surface area contributed by atoms with E-state index in [2.05, 4.69) is 30.8 Å². The van der Waals surface area contributed by atoms with E-state index in [0.29, 0.717) is 12.4 Å². The average Bonchev–Trinajstić information content (AvgIpc) is 3.11. The summed E-state index contributed by atoms with van der Waals surface area (Å²) >= 11 is 0. The Morgan fingerprint density at radius 2 is 2.14 bits per heavy atom. The fourth-order valence-electron chi connectivity index (χ4n) is 2.79. The topological polar surface area (TPSA) is 119 Å². The number of fused-ring (bicyclic) bond motifs is 1. The van der Waals surface area contributed by atoms with E-state index in [-0.39, 0.29) is 6.03 Å². The van der Waals surface area contributed by atoms with Gasteiger partial charge in [-0.15, -0.1) is 0 Å². The summed E-state index contributed by atoms with van der Waals surface area (Å²) in [6, 6.07) is 5.31. The molecule has 3 rings (SSSR count). The fourth-order valence-corrected chi connectivity index (χ4v) is 2.79. The van der Waals surface area contributed by atoms with Crippen molar-refractivity contribution in [2.45, 2.75) is 20.3 Å². The van der Waals surface area contributed by atoms with Crippen molar-refractivity contribution in [2.24, 2.45) is 0 Å². The van der Waals surface area contributed by atoms with Gasteiger partial charge in [0.25, 0.3) is 0 Å². The van der Waals surface area contributed by atoms with Crippen LogP contribution in [0.4, 0.5) is 10.6 Å².